The quantitative estimate of drug-likeness (QED) is 0.107. The maximum atomic E-state index is 6.36. The van der Waals surface area contributed by atoms with Crippen molar-refractivity contribution in [1.82, 2.24) is 39.9 Å². The molecule has 1 aliphatic rings. The van der Waals surface area contributed by atoms with E-state index in [4.69, 9.17) is 64.6 Å². The summed E-state index contributed by atoms with van der Waals surface area (Å²) < 4.78 is 25.0. The normalized spacial score (nSPS) is 12.9. The first kappa shape index (κ1) is 68.0. The van der Waals surface area contributed by atoms with Gasteiger partial charge in [-0.05, 0) is 138 Å². The van der Waals surface area contributed by atoms with Gasteiger partial charge in [0.15, 0.2) is 46.1 Å². The Bertz CT molecular complexity index is 6240. The first-order valence-corrected chi connectivity index (χ1v) is 36.2. The Morgan fingerprint density at radius 1 is 0.250 bits per heavy atom. The lowest BCUT2D eigenvalue weighted by Crippen LogP contribution is -2.41. The molecule has 14 aromatic carbocycles. The van der Waals surface area contributed by atoms with Crippen LogP contribution in [0.15, 0.2) is 349 Å². The van der Waals surface area contributed by atoms with Gasteiger partial charge in [-0.3, -0.25) is 0 Å². The predicted octanol–water partition coefficient (Wildman–Crippen LogP) is 23.3. The molecule has 518 valence electrons. The van der Waals surface area contributed by atoms with Crippen LogP contribution in [0, 0.1) is 0 Å². The van der Waals surface area contributed by atoms with Crippen LogP contribution >= 0.6 is 11.6 Å². The SMILES string of the molecule is CC1(C)OB(c2ccc3ccc4nc(-c5ccccc5)oc4c3c2)OC1(C)C.Clc1cccc(-c2nc(-c3ccccc3)nc(-c3ccc(-c4ccccc4)cc3)n2)c1.c1ccc(-c2ccc(-c3nc(-c4ccccc4)nc(-c4cccc(-c5ccc6ccc7nc(-c8ccccc8)oc7c6c5)c4)n3)cc2)cc1. The molecule has 18 aromatic rings. The summed E-state index contributed by atoms with van der Waals surface area (Å²) >= 11 is 6.21. The van der Waals surface area contributed by atoms with Gasteiger partial charge in [-0.25, -0.2) is 39.9 Å². The van der Waals surface area contributed by atoms with Crippen LogP contribution in [0.4, 0.5) is 0 Å². The molecule has 12 nitrogen and oxygen atoms in total. The van der Waals surface area contributed by atoms with E-state index in [0.29, 0.717) is 51.8 Å². The van der Waals surface area contributed by atoms with Crippen LogP contribution in [0.25, 0.3) is 168 Å². The Morgan fingerprint density at radius 3 is 0.972 bits per heavy atom. The zero-order valence-electron chi connectivity index (χ0n) is 59.5. The molecule has 0 amide bonds. The van der Waals surface area contributed by atoms with E-state index in [-0.39, 0.29) is 11.2 Å². The van der Waals surface area contributed by atoms with E-state index in [1.54, 1.807) is 0 Å². The van der Waals surface area contributed by atoms with Crippen LogP contribution in [0.1, 0.15) is 27.7 Å². The zero-order chi connectivity index (χ0) is 73.1. The molecule has 4 aromatic heterocycles. The Kier molecular flexibility index (Phi) is 18.5. The summed E-state index contributed by atoms with van der Waals surface area (Å²) in [4.78, 5) is 38.6. The van der Waals surface area contributed by atoms with Crippen molar-refractivity contribution in [2.45, 2.75) is 38.9 Å². The number of oxazole rings is 2. The zero-order valence-corrected chi connectivity index (χ0v) is 60.3. The molecular weight excluding hydrogens is 1350 g/mol. The molecule has 1 fully saturated rings. The summed E-state index contributed by atoms with van der Waals surface area (Å²) in [5.41, 5.74) is 17.7. The van der Waals surface area contributed by atoms with Crippen LogP contribution in [0.2, 0.25) is 5.02 Å². The smallest absolute Gasteiger partial charge is 0.435 e. The number of nitrogens with zero attached hydrogens (tertiary/aromatic N) is 8. The van der Waals surface area contributed by atoms with Crippen molar-refractivity contribution in [2.75, 3.05) is 0 Å². The highest BCUT2D eigenvalue weighted by molar-refractivity contribution is 6.62. The van der Waals surface area contributed by atoms with Crippen molar-refractivity contribution in [2.24, 2.45) is 0 Å². The molecule has 0 N–H and O–H groups in total. The second kappa shape index (κ2) is 29.4. The average molecular weight is 1420 g/mol. The second-order valence-corrected chi connectivity index (χ2v) is 27.9. The minimum atomic E-state index is -0.402. The van der Waals surface area contributed by atoms with Crippen molar-refractivity contribution in [3.63, 3.8) is 0 Å². The van der Waals surface area contributed by atoms with E-state index in [1.807, 2.05) is 194 Å². The molecular formula is C94H68BClN8O4. The van der Waals surface area contributed by atoms with Crippen molar-refractivity contribution in [3.8, 4) is 125 Å². The van der Waals surface area contributed by atoms with E-state index in [2.05, 4.69) is 178 Å². The first-order valence-electron chi connectivity index (χ1n) is 35.8. The van der Waals surface area contributed by atoms with E-state index >= 15 is 0 Å². The predicted molar refractivity (Wildman–Crippen MR) is 437 cm³/mol. The molecule has 0 spiro atoms. The fourth-order valence-electron chi connectivity index (χ4n) is 13.2. The van der Waals surface area contributed by atoms with Crippen molar-refractivity contribution >= 4 is 67.9 Å². The van der Waals surface area contributed by atoms with Gasteiger partial charge in [-0.2, -0.15) is 0 Å². The topological polar surface area (TPSA) is 148 Å². The molecule has 0 bridgehead atoms. The van der Waals surface area contributed by atoms with Gasteiger partial charge in [0.05, 0.1) is 11.2 Å². The highest BCUT2D eigenvalue weighted by atomic mass is 35.5. The summed E-state index contributed by atoms with van der Waals surface area (Å²) in [6.07, 6.45) is 0. The molecule has 0 radical (unpaired) electrons. The Balaban J connectivity index is 0.000000125. The van der Waals surface area contributed by atoms with Crippen molar-refractivity contribution in [1.29, 1.82) is 0 Å². The van der Waals surface area contributed by atoms with Crippen molar-refractivity contribution < 1.29 is 18.1 Å². The Morgan fingerprint density at radius 2 is 0.546 bits per heavy atom. The van der Waals surface area contributed by atoms with Crippen LogP contribution in [-0.2, 0) is 9.31 Å². The summed E-state index contributed by atoms with van der Waals surface area (Å²) in [6.45, 7) is 8.26. The molecule has 0 atom stereocenters. The molecule has 14 heteroatoms. The largest absolute Gasteiger partial charge is 0.494 e. The van der Waals surface area contributed by atoms with E-state index in [1.165, 1.54) is 11.1 Å². The first-order chi connectivity index (χ1) is 52.8. The summed E-state index contributed by atoms with van der Waals surface area (Å²) in [6, 6.07) is 114. The minimum absolute atomic E-state index is 0.370. The number of halogens is 1. The maximum absolute atomic E-state index is 6.36. The van der Waals surface area contributed by atoms with Gasteiger partial charge < -0.3 is 18.1 Å². The van der Waals surface area contributed by atoms with Gasteiger partial charge in [-0.1, -0.05) is 291 Å². The number of fused-ring (bicyclic) bond motifs is 6. The highest BCUT2D eigenvalue weighted by Crippen LogP contribution is 2.40. The number of hydrogen-bond donors (Lipinski definition) is 0. The molecule has 1 saturated heterocycles. The lowest BCUT2D eigenvalue weighted by Gasteiger charge is -2.32. The molecule has 0 saturated carbocycles. The second-order valence-electron chi connectivity index (χ2n) is 27.4. The minimum Gasteiger partial charge on any atom is -0.435 e. The fraction of sp³-hybridized carbons (Fsp3) is 0.0638. The highest BCUT2D eigenvalue weighted by Gasteiger charge is 2.51. The summed E-state index contributed by atoms with van der Waals surface area (Å²) in [7, 11) is -0.402. The third kappa shape index (κ3) is 14.3. The molecule has 0 unspecified atom stereocenters. The van der Waals surface area contributed by atoms with Crippen LogP contribution in [0.3, 0.4) is 0 Å². The molecule has 0 aliphatic carbocycles. The Hall–Kier alpha value is -13.2. The third-order valence-corrected chi connectivity index (χ3v) is 19.9. The van der Waals surface area contributed by atoms with Gasteiger partial charge in [0.2, 0.25) is 11.8 Å². The molecule has 1 aliphatic heterocycles. The number of hydrogen-bond acceptors (Lipinski definition) is 12. The maximum Gasteiger partial charge on any atom is 0.494 e. The van der Waals surface area contributed by atoms with Crippen LogP contribution < -0.4 is 5.46 Å². The fourth-order valence-corrected chi connectivity index (χ4v) is 13.4. The van der Waals surface area contributed by atoms with Gasteiger partial charge in [-0.15, -0.1) is 0 Å². The van der Waals surface area contributed by atoms with Gasteiger partial charge in [0.1, 0.15) is 11.0 Å². The van der Waals surface area contributed by atoms with E-state index in [9.17, 15) is 0 Å². The third-order valence-electron chi connectivity index (χ3n) is 19.7. The molecule has 108 heavy (non-hydrogen) atoms. The van der Waals surface area contributed by atoms with E-state index < -0.39 is 7.12 Å². The monoisotopic (exact) mass is 1420 g/mol. The summed E-state index contributed by atoms with van der Waals surface area (Å²) in [5, 5.41) is 4.87. The van der Waals surface area contributed by atoms with Gasteiger partial charge >= 0.3 is 7.12 Å². The van der Waals surface area contributed by atoms with Crippen LogP contribution in [-0.4, -0.2) is 58.2 Å². The lowest BCUT2D eigenvalue weighted by atomic mass is 9.78. The lowest BCUT2D eigenvalue weighted by molar-refractivity contribution is 0.00578. The number of aromatic nitrogens is 8. The Labute approximate surface area is 630 Å². The number of benzene rings is 14. The average Bonchev–Trinajstić information content (AvgIpc) is 1.59. The number of rotatable bonds is 12. The molecule has 5 heterocycles. The van der Waals surface area contributed by atoms with Crippen molar-refractivity contribution in [3.05, 3.63) is 345 Å². The summed E-state index contributed by atoms with van der Waals surface area (Å²) in [5.74, 6) is 4.97. The standard InChI is InChI=1S/C44H28N4O.C27H18ClN3.C23H22BNO3/c1-4-11-29(12-5-1)30-19-22-33(23-20-30)42-46-41(32-13-6-2-7-14-32)47-43(48-42)37-18-10-17-35(27-37)36-24-21-31-25-26-39-40(38(31)28-36)49-44(45-39)34-15-8-3-9-16-34;28-24-13-7-12-23(18-24)27-30-25(21-10-5-2-6-11-21)29-26(31-27)22-16-14-20(15-17-22)19-8-3-1-4-9-19;1-22(2)23(3,4)28-24(27-22)17-12-10-15-11-13-19-20(18(15)14-17)26-21(25-19)16-8-6-5-7-9-16/h1-28H;1-18H;5-14H,1-4H3. The molecule has 19 rings (SSSR count). The van der Waals surface area contributed by atoms with E-state index in [0.717, 1.165) is 116 Å². The van der Waals surface area contributed by atoms with Crippen LogP contribution in [0.5, 0.6) is 0 Å². The van der Waals surface area contributed by atoms with Gasteiger partial charge in [0.25, 0.3) is 0 Å². The van der Waals surface area contributed by atoms with Gasteiger partial charge in [0, 0.05) is 60.3 Å².